The van der Waals surface area contributed by atoms with E-state index >= 15 is 0 Å². The van der Waals surface area contributed by atoms with Gasteiger partial charge in [-0.05, 0) is 47.0 Å². The molecule has 1 aliphatic heterocycles. The van der Waals surface area contributed by atoms with Gasteiger partial charge in [-0.1, -0.05) is 11.6 Å². The SMILES string of the molecule is O=C(NCC1CCCO1)c1ccc(Cl)c(Br)c1. The average Bonchev–Trinajstić information content (AvgIpc) is 2.82. The highest BCUT2D eigenvalue weighted by Gasteiger charge is 2.16. The molecule has 0 saturated carbocycles. The van der Waals surface area contributed by atoms with Gasteiger partial charge in [-0.25, -0.2) is 0 Å². The number of halogens is 2. The van der Waals surface area contributed by atoms with Crippen molar-refractivity contribution < 1.29 is 9.53 Å². The lowest BCUT2D eigenvalue weighted by Crippen LogP contribution is -2.31. The fourth-order valence-electron chi connectivity index (χ4n) is 1.75. The van der Waals surface area contributed by atoms with Gasteiger partial charge in [-0.15, -0.1) is 0 Å². The number of rotatable bonds is 3. The zero-order valence-corrected chi connectivity index (χ0v) is 11.6. The molecule has 17 heavy (non-hydrogen) atoms. The Morgan fingerprint density at radius 3 is 3.06 bits per heavy atom. The first-order valence-corrected chi connectivity index (χ1v) is 6.69. The summed E-state index contributed by atoms with van der Waals surface area (Å²) in [5.74, 6) is -0.0992. The van der Waals surface area contributed by atoms with Crippen LogP contribution in [0.5, 0.6) is 0 Å². The smallest absolute Gasteiger partial charge is 0.251 e. The topological polar surface area (TPSA) is 38.3 Å². The minimum atomic E-state index is -0.0992. The highest BCUT2D eigenvalue weighted by Crippen LogP contribution is 2.23. The molecule has 1 aromatic carbocycles. The number of nitrogens with one attached hydrogen (secondary N) is 1. The first-order chi connectivity index (χ1) is 8.16. The van der Waals surface area contributed by atoms with Gasteiger partial charge in [0, 0.05) is 23.2 Å². The highest BCUT2D eigenvalue weighted by molar-refractivity contribution is 9.10. The van der Waals surface area contributed by atoms with Gasteiger partial charge in [0.1, 0.15) is 0 Å². The van der Waals surface area contributed by atoms with Crippen LogP contribution in [-0.4, -0.2) is 25.2 Å². The van der Waals surface area contributed by atoms with E-state index < -0.39 is 0 Å². The van der Waals surface area contributed by atoms with Gasteiger partial charge < -0.3 is 10.1 Å². The monoisotopic (exact) mass is 317 g/mol. The van der Waals surface area contributed by atoms with Crippen LogP contribution in [0.25, 0.3) is 0 Å². The Balaban J connectivity index is 1.92. The number of amides is 1. The third-order valence-electron chi connectivity index (χ3n) is 2.70. The van der Waals surface area contributed by atoms with Crippen molar-refractivity contribution in [2.45, 2.75) is 18.9 Å². The molecule has 0 aliphatic carbocycles. The summed E-state index contributed by atoms with van der Waals surface area (Å²) >= 11 is 9.16. The van der Waals surface area contributed by atoms with Gasteiger partial charge in [0.2, 0.25) is 0 Å². The van der Waals surface area contributed by atoms with Crippen LogP contribution in [0.1, 0.15) is 23.2 Å². The summed E-state index contributed by atoms with van der Waals surface area (Å²) in [5.41, 5.74) is 0.597. The van der Waals surface area contributed by atoms with E-state index in [1.54, 1.807) is 18.2 Å². The molecular weight excluding hydrogens is 305 g/mol. The van der Waals surface area contributed by atoms with Crippen LogP contribution in [-0.2, 0) is 4.74 Å². The Kier molecular flexibility index (Phi) is 4.42. The molecule has 1 amide bonds. The van der Waals surface area contributed by atoms with Crippen molar-refractivity contribution in [3.8, 4) is 0 Å². The maximum Gasteiger partial charge on any atom is 0.251 e. The zero-order chi connectivity index (χ0) is 12.3. The van der Waals surface area contributed by atoms with Crippen LogP contribution < -0.4 is 5.32 Å². The fourth-order valence-corrected chi connectivity index (χ4v) is 2.25. The molecule has 0 spiro atoms. The number of carbonyl (C=O) groups excluding carboxylic acids is 1. The van der Waals surface area contributed by atoms with Crippen molar-refractivity contribution in [2.75, 3.05) is 13.2 Å². The summed E-state index contributed by atoms with van der Waals surface area (Å²) in [6, 6.07) is 5.12. The molecular formula is C12H13BrClNO2. The molecule has 0 radical (unpaired) electrons. The van der Waals surface area contributed by atoms with Gasteiger partial charge in [-0.2, -0.15) is 0 Å². The molecule has 3 nitrogen and oxygen atoms in total. The number of hydrogen-bond acceptors (Lipinski definition) is 2. The van der Waals surface area contributed by atoms with Crippen molar-refractivity contribution in [3.05, 3.63) is 33.3 Å². The van der Waals surface area contributed by atoms with E-state index in [0.29, 0.717) is 17.1 Å². The molecule has 0 aromatic heterocycles. The van der Waals surface area contributed by atoms with Crippen LogP contribution in [0.3, 0.4) is 0 Å². The van der Waals surface area contributed by atoms with Crippen LogP contribution in [0.2, 0.25) is 5.02 Å². The number of benzene rings is 1. The molecule has 1 N–H and O–H groups in total. The van der Waals surface area contributed by atoms with Crippen LogP contribution in [0.4, 0.5) is 0 Å². The maximum absolute atomic E-state index is 11.8. The summed E-state index contributed by atoms with van der Waals surface area (Å²) in [7, 11) is 0. The minimum absolute atomic E-state index is 0.0992. The first-order valence-electron chi connectivity index (χ1n) is 5.51. The van der Waals surface area contributed by atoms with Gasteiger partial charge in [0.15, 0.2) is 0 Å². The van der Waals surface area contributed by atoms with Crippen LogP contribution >= 0.6 is 27.5 Å². The predicted octanol–water partition coefficient (Wildman–Crippen LogP) is 3.01. The van der Waals surface area contributed by atoms with Gasteiger partial charge >= 0.3 is 0 Å². The summed E-state index contributed by atoms with van der Waals surface area (Å²) in [6.07, 6.45) is 2.26. The third-order valence-corrected chi connectivity index (χ3v) is 3.91. The quantitative estimate of drug-likeness (QED) is 0.930. The largest absolute Gasteiger partial charge is 0.376 e. The molecule has 0 bridgehead atoms. The summed E-state index contributed by atoms with van der Waals surface area (Å²) in [4.78, 5) is 11.8. The molecule has 1 heterocycles. The van der Waals surface area contributed by atoms with E-state index in [1.807, 2.05) is 0 Å². The number of carbonyl (C=O) groups is 1. The van der Waals surface area contributed by atoms with Crippen LogP contribution in [0.15, 0.2) is 22.7 Å². The zero-order valence-electron chi connectivity index (χ0n) is 9.21. The van der Waals surface area contributed by atoms with Gasteiger partial charge in [-0.3, -0.25) is 4.79 Å². The lowest BCUT2D eigenvalue weighted by Gasteiger charge is -2.11. The Hall–Kier alpha value is -0.580. The second kappa shape index (κ2) is 5.85. The lowest BCUT2D eigenvalue weighted by molar-refractivity contribution is 0.0857. The number of ether oxygens (including phenoxy) is 1. The molecule has 1 atom stereocenters. The fraction of sp³-hybridized carbons (Fsp3) is 0.417. The average molecular weight is 319 g/mol. The van der Waals surface area contributed by atoms with E-state index in [2.05, 4.69) is 21.2 Å². The van der Waals surface area contributed by atoms with Crippen molar-refractivity contribution in [1.82, 2.24) is 5.32 Å². The van der Waals surface area contributed by atoms with Crippen molar-refractivity contribution in [3.63, 3.8) is 0 Å². The molecule has 1 unspecified atom stereocenters. The van der Waals surface area contributed by atoms with Crippen molar-refractivity contribution >= 4 is 33.4 Å². The maximum atomic E-state index is 11.8. The van der Waals surface area contributed by atoms with E-state index in [4.69, 9.17) is 16.3 Å². The van der Waals surface area contributed by atoms with E-state index in [9.17, 15) is 4.79 Å². The highest BCUT2D eigenvalue weighted by atomic mass is 79.9. The molecule has 1 aliphatic rings. The summed E-state index contributed by atoms with van der Waals surface area (Å²) in [6.45, 7) is 1.37. The number of hydrogen-bond donors (Lipinski definition) is 1. The van der Waals surface area contributed by atoms with Crippen molar-refractivity contribution in [2.24, 2.45) is 0 Å². The lowest BCUT2D eigenvalue weighted by atomic mass is 10.2. The Morgan fingerprint density at radius 2 is 2.41 bits per heavy atom. The molecule has 5 heteroatoms. The predicted molar refractivity (Wildman–Crippen MR) is 70.5 cm³/mol. The van der Waals surface area contributed by atoms with Crippen molar-refractivity contribution in [1.29, 1.82) is 0 Å². The normalized spacial score (nSPS) is 19.3. The van der Waals surface area contributed by atoms with Crippen LogP contribution in [0, 0.1) is 0 Å². The Morgan fingerprint density at radius 1 is 1.59 bits per heavy atom. The molecule has 1 aromatic rings. The van der Waals surface area contributed by atoms with E-state index in [-0.39, 0.29) is 12.0 Å². The Labute approximate surface area is 114 Å². The summed E-state index contributed by atoms with van der Waals surface area (Å²) < 4.78 is 6.16. The second-order valence-electron chi connectivity index (χ2n) is 3.97. The first kappa shape index (κ1) is 12.9. The summed E-state index contributed by atoms with van der Waals surface area (Å²) in [5, 5.41) is 3.46. The van der Waals surface area contributed by atoms with E-state index in [1.165, 1.54) is 0 Å². The van der Waals surface area contributed by atoms with E-state index in [0.717, 1.165) is 23.9 Å². The van der Waals surface area contributed by atoms with Gasteiger partial charge in [0.25, 0.3) is 5.91 Å². The Bertz CT molecular complexity index is 419. The second-order valence-corrected chi connectivity index (χ2v) is 5.24. The molecule has 2 rings (SSSR count). The minimum Gasteiger partial charge on any atom is -0.376 e. The molecule has 1 saturated heterocycles. The standard InChI is InChI=1S/C12H13BrClNO2/c13-10-6-8(3-4-11(10)14)12(16)15-7-9-2-1-5-17-9/h3-4,6,9H,1-2,5,7H2,(H,15,16). The molecule has 92 valence electrons. The molecule has 1 fully saturated rings. The van der Waals surface area contributed by atoms with Gasteiger partial charge in [0.05, 0.1) is 11.1 Å². The third kappa shape index (κ3) is 3.44.